The molecule has 0 heterocycles. The summed E-state index contributed by atoms with van der Waals surface area (Å²) < 4.78 is 295. The Hall–Kier alpha value is -5.61. The maximum absolute atomic E-state index is 15.0. The first kappa shape index (κ1) is 40.2. The van der Waals surface area contributed by atoms with E-state index in [-0.39, 0.29) is 6.92 Å². The molecule has 1 fully saturated rings. The fourth-order valence-electron chi connectivity index (χ4n) is 5.07. The molecule has 3 aromatic carbocycles. The lowest BCUT2D eigenvalue weighted by Crippen LogP contribution is -2.17. The highest BCUT2D eigenvalue weighted by Gasteiger charge is 2.49. The number of hydrogen-bond donors (Lipinski definition) is 0. The van der Waals surface area contributed by atoms with Gasteiger partial charge in [-0.25, -0.2) is 52.7 Å². The van der Waals surface area contributed by atoms with Gasteiger partial charge in [0.15, 0.2) is 69.8 Å². The van der Waals surface area contributed by atoms with Crippen LogP contribution in [-0.2, 0) is 18.5 Å². The van der Waals surface area contributed by atoms with Gasteiger partial charge in [-0.05, 0) is 18.1 Å². The van der Waals surface area contributed by atoms with E-state index in [1.54, 1.807) is 0 Å². The molecule has 4 rings (SSSR count). The molecule has 1 aliphatic rings. The molecule has 0 atom stereocenters. The van der Waals surface area contributed by atoms with Crippen molar-refractivity contribution in [1.29, 1.82) is 10.5 Å². The van der Waals surface area contributed by atoms with Crippen molar-refractivity contribution in [3.8, 4) is 12.1 Å². The van der Waals surface area contributed by atoms with Crippen LogP contribution >= 0.6 is 0 Å². The van der Waals surface area contributed by atoms with Gasteiger partial charge in [0, 0.05) is 11.1 Å². The normalized spacial score (nSPS) is 16.4. The second-order valence-corrected chi connectivity index (χ2v) is 10.2. The fourth-order valence-corrected chi connectivity index (χ4v) is 5.07. The minimum absolute atomic E-state index is 0.154. The number of allylic oxidation sites excluding steroid dienone is 6. The molecule has 0 aromatic heterocycles. The molecule has 3 aromatic rings. The summed E-state index contributed by atoms with van der Waals surface area (Å²) >= 11 is 0. The Morgan fingerprint density at radius 3 is 0.755 bits per heavy atom. The minimum Gasteiger partial charge on any atom is -0.203 e. The molecule has 0 aliphatic heterocycles. The second kappa shape index (κ2) is 12.8. The maximum Gasteiger partial charge on any atom is 0.422 e. The van der Waals surface area contributed by atoms with Crippen molar-refractivity contribution < 1.29 is 92.2 Å². The van der Waals surface area contributed by atoms with Crippen molar-refractivity contribution in [2.75, 3.05) is 0 Å². The van der Waals surface area contributed by atoms with Crippen LogP contribution in [0.25, 0.3) is 16.7 Å². The monoisotopic (exact) mass is 790 g/mol. The number of alkyl halides is 9. The zero-order valence-electron chi connectivity index (χ0n) is 24.3. The Morgan fingerprint density at radius 2 is 0.566 bits per heavy atom. The summed E-state index contributed by atoms with van der Waals surface area (Å²) in [6, 6.07) is 1.34. The van der Waals surface area contributed by atoms with E-state index in [2.05, 4.69) is 0 Å². The van der Waals surface area contributed by atoms with Gasteiger partial charge in [0.2, 0.25) is 0 Å². The van der Waals surface area contributed by atoms with Gasteiger partial charge in [-0.2, -0.15) is 50.0 Å². The Morgan fingerprint density at radius 1 is 0.358 bits per heavy atom. The van der Waals surface area contributed by atoms with Crippen LogP contribution in [0.3, 0.4) is 0 Å². The molecule has 0 radical (unpaired) electrons. The minimum atomic E-state index is -6.23. The van der Waals surface area contributed by atoms with Gasteiger partial charge in [-0.1, -0.05) is 0 Å². The average Bonchev–Trinajstić information content (AvgIpc) is 3.75. The molecule has 1 saturated carbocycles. The van der Waals surface area contributed by atoms with E-state index < -0.39 is 155 Å². The molecule has 0 N–H and O–H groups in total. The first-order valence-electron chi connectivity index (χ1n) is 12.9. The summed E-state index contributed by atoms with van der Waals surface area (Å²) in [6.45, 7) is 0.154. The van der Waals surface area contributed by atoms with Gasteiger partial charge in [0.1, 0.15) is 28.8 Å². The van der Waals surface area contributed by atoms with Gasteiger partial charge < -0.3 is 0 Å². The fraction of sp³-hybridized carbons (Fsp3) is 0.133. The summed E-state index contributed by atoms with van der Waals surface area (Å²) in [7, 11) is 0. The van der Waals surface area contributed by atoms with E-state index in [0.29, 0.717) is 12.1 Å². The SMILES string of the molecule is C/C(=C1\C(=C(C#N)c2c(F)c(F)c(C(F)(F)F)c(F)c2F)\C1=C(\C#N)c1c(F)c(F)c(C(F)(F)F)c(F)c1F)c1c(F)c(F)c(C(F)(F)F)c(F)c1F. The van der Waals surface area contributed by atoms with E-state index in [4.69, 9.17) is 0 Å². The van der Waals surface area contributed by atoms with Crippen molar-refractivity contribution in [3.63, 3.8) is 0 Å². The van der Waals surface area contributed by atoms with Crippen LogP contribution in [0.4, 0.5) is 92.2 Å². The van der Waals surface area contributed by atoms with E-state index in [9.17, 15) is 85.2 Å². The van der Waals surface area contributed by atoms with Crippen LogP contribution in [0.5, 0.6) is 0 Å². The van der Waals surface area contributed by atoms with Crippen molar-refractivity contribution in [2.24, 2.45) is 0 Å². The van der Waals surface area contributed by atoms with Crippen LogP contribution in [0.2, 0.25) is 0 Å². The van der Waals surface area contributed by atoms with E-state index in [1.165, 1.54) is 0 Å². The van der Waals surface area contributed by atoms with Gasteiger partial charge in [0.25, 0.3) is 0 Å². The molecule has 23 heteroatoms. The molecule has 0 amide bonds. The number of nitrogens with zero attached hydrogens (tertiary/aromatic N) is 2. The van der Waals surface area contributed by atoms with E-state index in [0.717, 1.165) is 0 Å². The molecule has 280 valence electrons. The van der Waals surface area contributed by atoms with Crippen molar-refractivity contribution >= 4 is 16.7 Å². The summed E-state index contributed by atoms with van der Waals surface area (Å²) in [5.41, 5.74) is -28.4. The smallest absolute Gasteiger partial charge is 0.203 e. The third kappa shape index (κ3) is 6.10. The third-order valence-corrected chi connectivity index (χ3v) is 7.30. The highest BCUT2D eigenvalue weighted by molar-refractivity contribution is 6.10. The Balaban J connectivity index is 2.34. The third-order valence-electron chi connectivity index (χ3n) is 7.30. The van der Waals surface area contributed by atoms with Gasteiger partial charge >= 0.3 is 18.5 Å². The summed E-state index contributed by atoms with van der Waals surface area (Å²) in [5.74, 6) is -38.4. The predicted octanol–water partition coefficient (Wildman–Crippen LogP) is 11.2. The van der Waals surface area contributed by atoms with E-state index in [1.807, 2.05) is 0 Å². The van der Waals surface area contributed by atoms with Gasteiger partial charge in [0.05, 0.1) is 27.8 Å². The van der Waals surface area contributed by atoms with Crippen LogP contribution in [-0.4, -0.2) is 0 Å². The van der Waals surface area contributed by atoms with E-state index >= 15 is 17.6 Å². The predicted molar refractivity (Wildman–Crippen MR) is 131 cm³/mol. The number of halogens is 21. The molecule has 0 unspecified atom stereocenters. The average molecular weight is 790 g/mol. The van der Waals surface area contributed by atoms with Crippen LogP contribution in [0.15, 0.2) is 16.7 Å². The number of rotatable bonds is 3. The quantitative estimate of drug-likeness (QED) is 0.151. The first-order valence-corrected chi connectivity index (χ1v) is 12.9. The summed E-state index contributed by atoms with van der Waals surface area (Å²) in [4.78, 5) is 0. The molecule has 1 aliphatic carbocycles. The zero-order valence-corrected chi connectivity index (χ0v) is 24.3. The number of benzene rings is 3. The molecule has 53 heavy (non-hydrogen) atoms. The molecular formula is C30H3F21N2. The van der Waals surface area contributed by atoms with Crippen molar-refractivity contribution in [1.82, 2.24) is 0 Å². The molecule has 2 nitrogen and oxygen atoms in total. The highest BCUT2D eigenvalue weighted by atomic mass is 19.4. The van der Waals surface area contributed by atoms with Gasteiger partial charge in [-0.15, -0.1) is 0 Å². The van der Waals surface area contributed by atoms with Crippen LogP contribution in [0, 0.1) is 92.5 Å². The Labute approximate surface area is 277 Å². The molecule has 0 bridgehead atoms. The standard InChI is InChI=1S/C30H3F21N2/c1-4(8-16(31)22(37)13(28(43,44)45)23(38)17(8)32)7-9(5(2-52)11-18(33)24(39)14(29(46,47)48)25(40)19(11)34)10(7)6(3-53)12-20(35)26(41)15(30(49,50)51)27(42)21(12)36/h1H3/b7-4-,9-5?,10-6-. The Bertz CT molecular complexity index is 2130. The topological polar surface area (TPSA) is 47.6 Å². The summed E-state index contributed by atoms with van der Waals surface area (Å²) in [6.07, 6.45) is -18.6. The van der Waals surface area contributed by atoms with Crippen LogP contribution in [0.1, 0.15) is 40.3 Å². The number of nitriles is 2. The highest BCUT2D eigenvalue weighted by Crippen LogP contribution is 2.58. The van der Waals surface area contributed by atoms with Gasteiger partial charge in [-0.3, -0.25) is 0 Å². The lowest BCUT2D eigenvalue weighted by atomic mass is 9.98. The van der Waals surface area contributed by atoms with Crippen LogP contribution < -0.4 is 0 Å². The molecule has 0 spiro atoms. The lowest BCUT2D eigenvalue weighted by molar-refractivity contribution is -0.144. The summed E-state index contributed by atoms with van der Waals surface area (Å²) in [5, 5.41) is 19.4. The first-order chi connectivity index (χ1) is 24.1. The second-order valence-electron chi connectivity index (χ2n) is 10.2. The number of hydrogen-bond acceptors (Lipinski definition) is 2. The molecular weight excluding hydrogens is 787 g/mol. The van der Waals surface area contributed by atoms with Crippen molar-refractivity contribution in [2.45, 2.75) is 25.5 Å². The zero-order chi connectivity index (χ0) is 40.8. The van der Waals surface area contributed by atoms with Crippen molar-refractivity contribution in [3.05, 3.63) is 120 Å². The molecule has 0 saturated heterocycles. The maximum atomic E-state index is 15.0. The Kier molecular flexibility index (Phi) is 9.70. The largest absolute Gasteiger partial charge is 0.422 e. The lowest BCUT2D eigenvalue weighted by Gasteiger charge is -2.14.